The van der Waals surface area contributed by atoms with Gasteiger partial charge >= 0.3 is 5.97 Å². The van der Waals surface area contributed by atoms with Gasteiger partial charge in [-0.15, -0.1) is 0 Å². The Morgan fingerprint density at radius 3 is 2.62 bits per heavy atom. The number of aliphatic hydroxyl groups is 1. The Bertz CT molecular complexity index is 224. The molecule has 0 aliphatic heterocycles. The van der Waals surface area contributed by atoms with E-state index >= 15 is 0 Å². The predicted octanol–water partition coefficient (Wildman–Crippen LogP) is 1.08. The highest BCUT2D eigenvalue weighted by atomic mass is 16.5. The zero-order chi connectivity index (χ0) is 12.0. The lowest BCUT2D eigenvalue weighted by molar-refractivity contribution is -0.144. The van der Waals surface area contributed by atoms with Crippen LogP contribution < -0.4 is 5.32 Å². The van der Waals surface area contributed by atoms with E-state index < -0.39 is 5.60 Å². The fourth-order valence-electron chi connectivity index (χ4n) is 2.19. The molecular weight excluding hydrogens is 206 g/mol. The quantitative estimate of drug-likeness (QED) is 0.693. The summed E-state index contributed by atoms with van der Waals surface area (Å²) in [6.45, 7) is 2.97. The molecule has 0 spiro atoms. The minimum Gasteiger partial charge on any atom is -0.469 e. The molecule has 1 saturated carbocycles. The van der Waals surface area contributed by atoms with Gasteiger partial charge in [0.1, 0.15) is 0 Å². The van der Waals surface area contributed by atoms with Crippen LogP contribution >= 0.6 is 0 Å². The Morgan fingerprint density at radius 2 is 2.06 bits per heavy atom. The molecule has 16 heavy (non-hydrogen) atoms. The van der Waals surface area contributed by atoms with Gasteiger partial charge in [0.05, 0.1) is 18.6 Å². The summed E-state index contributed by atoms with van der Waals surface area (Å²) in [5, 5.41) is 13.4. The van der Waals surface area contributed by atoms with E-state index in [9.17, 15) is 9.90 Å². The van der Waals surface area contributed by atoms with Gasteiger partial charge in [-0.05, 0) is 12.8 Å². The van der Waals surface area contributed by atoms with Crippen molar-refractivity contribution in [3.8, 4) is 0 Å². The van der Waals surface area contributed by atoms with Crippen LogP contribution in [0.5, 0.6) is 0 Å². The number of methoxy groups -OCH3 is 1. The molecule has 0 aromatic carbocycles. The molecule has 0 amide bonds. The van der Waals surface area contributed by atoms with Crippen LogP contribution in [0, 0.1) is 5.92 Å². The summed E-state index contributed by atoms with van der Waals surface area (Å²) in [5.41, 5.74) is -0.561. The van der Waals surface area contributed by atoms with Crippen molar-refractivity contribution in [3.05, 3.63) is 0 Å². The minimum atomic E-state index is -0.561. The molecule has 0 saturated heterocycles. The van der Waals surface area contributed by atoms with Crippen molar-refractivity contribution in [2.75, 3.05) is 20.2 Å². The topological polar surface area (TPSA) is 58.6 Å². The van der Waals surface area contributed by atoms with Crippen molar-refractivity contribution in [2.24, 2.45) is 5.92 Å². The Labute approximate surface area is 97.4 Å². The molecule has 0 aromatic rings. The summed E-state index contributed by atoms with van der Waals surface area (Å²) >= 11 is 0. The molecule has 94 valence electrons. The second-order valence-corrected chi connectivity index (χ2v) is 4.84. The van der Waals surface area contributed by atoms with Crippen LogP contribution in [0.1, 0.15) is 39.0 Å². The third-order valence-corrected chi connectivity index (χ3v) is 3.29. The highest BCUT2D eigenvalue weighted by Crippen LogP contribution is 2.27. The van der Waals surface area contributed by atoms with Crippen molar-refractivity contribution < 1.29 is 14.6 Å². The molecule has 1 unspecified atom stereocenters. The van der Waals surface area contributed by atoms with Crippen LogP contribution in [-0.2, 0) is 9.53 Å². The van der Waals surface area contributed by atoms with Crippen LogP contribution in [0.15, 0.2) is 0 Å². The van der Waals surface area contributed by atoms with E-state index in [-0.39, 0.29) is 11.9 Å². The number of hydrogen-bond acceptors (Lipinski definition) is 4. The van der Waals surface area contributed by atoms with Crippen molar-refractivity contribution in [1.29, 1.82) is 0 Å². The van der Waals surface area contributed by atoms with E-state index in [1.807, 2.05) is 6.92 Å². The predicted molar refractivity (Wildman–Crippen MR) is 62.1 cm³/mol. The van der Waals surface area contributed by atoms with E-state index in [0.29, 0.717) is 13.1 Å². The fourth-order valence-corrected chi connectivity index (χ4v) is 2.19. The van der Waals surface area contributed by atoms with Gasteiger partial charge in [0.2, 0.25) is 0 Å². The first-order valence-corrected chi connectivity index (χ1v) is 6.08. The number of rotatable bonds is 5. The van der Waals surface area contributed by atoms with E-state index in [0.717, 1.165) is 25.7 Å². The largest absolute Gasteiger partial charge is 0.469 e. The Kier molecular flexibility index (Phi) is 5.22. The number of carbonyl (C=O) groups is 1. The van der Waals surface area contributed by atoms with E-state index in [1.165, 1.54) is 13.5 Å². The van der Waals surface area contributed by atoms with Gasteiger partial charge in [0.15, 0.2) is 0 Å². The van der Waals surface area contributed by atoms with Gasteiger partial charge in [0.25, 0.3) is 0 Å². The first kappa shape index (κ1) is 13.5. The maximum absolute atomic E-state index is 11.1. The average Bonchev–Trinajstić information content (AvgIpc) is 2.28. The summed E-state index contributed by atoms with van der Waals surface area (Å²) in [5.74, 6) is -0.361. The summed E-state index contributed by atoms with van der Waals surface area (Å²) in [6, 6.07) is 0. The third-order valence-electron chi connectivity index (χ3n) is 3.29. The Hall–Kier alpha value is -0.610. The first-order valence-electron chi connectivity index (χ1n) is 6.08. The van der Waals surface area contributed by atoms with Gasteiger partial charge in [-0.2, -0.15) is 0 Å². The zero-order valence-electron chi connectivity index (χ0n) is 10.3. The molecule has 4 nitrogen and oxygen atoms in total. The molecule has 0 heterocycles. The average molecular weight is 229 g/mol. The van der Waals surface area contributed by atoms with Crippen LogP contribution in [0.4, 0.5) is 0 Å². The van der Waals surface area contributed by atoms with Gasteiger partial charge in [0, 0.05) is 13.1 Å². The van der Waals surface area contributed by atoms with Crippen molar-refractivity contribution in [2.45, 2.75) is 44.6 Å². The van der Waals surface area contributed by atoms with E-state index in [4.69, 9.17) is 0 Å². The minimum absolute atomic E-state index is 0.155. The zero-order valence-corrected chi connectivity index (χ0v) is 10.3. The molecule has 0 aromatic heterocycles. The molecule has 1 aliphatic carbocycles. The molecular formula is C12H23NO3. The molecule has 0 radical (unpaired) electrons. The highest BCUT2D eigenvalue weighted by molar-refractivity contribution is 5.71. The first-order chi connectivity index (χ1) is 7.57. The molecule has 1 fully saturated rings. The van der Waals surface area contributed by atoms with Crippen LogP contribution in [0.25, 0.3) is 0 Å². The molecule has 4 heteroatoms. The van der Waals surface area contributed by atoms with Gasteiger partial charge < -0.3 is 15.2 Å². The lowest BCUT2D eigenvalue weighted by atomic mass is 9.85. The lowest BCUT2D eigenvalue weighted by Gasteiger charge is -2.32. The normalized spacial score (nSPS) is 21.4. The monoisotopic (exact) mass is 229 g/mol. The van der Waals surface area contributed by atoms with Gasteiger partial charge in [-0.25, -0.2) is 0 Å². The number of nitrogens with one attached hydrogen (secondary N) is 1. The molecule has 1 rings (SSSR count). The lowest BCUT2D eigenvalue weighted by Crippen LogP contribution is -2.43. The summed E-state index contributed by atoms with van der Waals surface area (Å²) < 4.78 is 4.64. The fraction of sp³-hybridized carbons (Fsp3) is 0.917. The SMILES string of the molecule is COC(=O)C(C)CNCC1(O)CCCCC1. The molecule has 2 N–H and O–H groups in total. The summed E-state index contributed by atoms with van der Waals surface area (Å²) in [4.78, 5) is 11.1. The summed E-state index contributed by atoms with van der Waals surface area (Å²) in [7, 11) is 1.40. The van der Waals surface area contributed by atoms with E-state index in [2.05, 4.69) is 10.1 Å². The Morgan fingerprint density at radius 1 is 1.44 bits per heavy atom. The van der Waals surface area contributed by atoms with Crippen molar-refractivity contribution in [3.63, 3.8) is 0 Å². The van der Waals surface area contributed by atoms with Crippen LogP contribution in [0.3, 0.4) is 0 Å². The molecule has 1 atom stereocenters. The maximum Gasteiger partial charge on any atom is 0.309 e. The highest BCUT2D eigenvalue weighted by Gasteiger charge is 2.28. The van der Waals surface area contributed by atoms with E-state index in [1.54, 1.807) is 0 Å². The second kappa shape index (κ2) is 6.21. The standard InChI is InChI=1S/C12H23NO3/c1-10(11(14)16-2)8-13-9-12(15)6-4-3-5-7-12/h10,13,15H,3-9H2,1-2H3. The number of esters is 1. The molecule has 0 bridgehead atoms. The number of carbonyl (C=O) groups excluding carboxylic acids is 1. The second-order valence-electron chi connectivity index (χ2n) is 4.84. The number of ether oxygens (including phenoxy) is 1. The van der Waals surface area contributed by atoms with Gasteiger partial charge in [-0.3, -0.25) is 4.79 Å². The molecule has 1 aliphatic rings. The number of hydrogen-bond donors (Lipinski definition) is 2. The van der Waals surface area contributed by atoms with Gasteiger partial charge in [-0.1, -0.05) is 26.2 Å². The smallest absolute Gasteiger partial charge is 0.309 e. The Balaban J connectivity index is 2.21. The van der Waals surface area contributed by atoms with Crippen LogP contribution in [0.2, 0.25) is 0 Å². The van der Waals surface area contributed by atoms with Crippen molar-refractivity contribution >= 4 is 5.97 Å². The maximum atomic E-state index is 11.1. The third kappa shape index (κ3) is 4.10. The van der Waals surface area contributed by atoms with Crippen LogP contribution in [-0.4, -0.2) is 36.9 Å². The summed E-state index contributed by atoms with van der Waals surface area (Å²) in [6.07, 6.45) is 5.16. The van der Waals surface area contributed by atoms with Crippen molar-refractivity contribution in [1.82, 2.24) is 5.32 Å².